The van der Waals surface area contributed by atoms with Gasteiger partial charge in [0.15, 0.2) is 0 Å². The third kappa shape index (κ3) is 2.96. The SMILES string of the molecule is O=C(Nc1ccc(Oc2cccc3[nH]ccc23)nc1)[C@@H]1CCCO1. The van der Waals surface area contributed by atoms with Gasteiger partial charge in [-0.1, -0.05) is 6.07 Å². The molecule has 0 saturated carbocycles. The van der Waals surface area contributed by atoms with E-state index in [4.69, 9.17) is 9.47 Å². The molecule has 1 atom stereocenters. The molecule has 1 aromatic carbocycles. The highest BCUT2D eigenvalue weighted by atomic mass is 16.5. The van der Waals surface area contributed by atoms with Crippen LogP contribution in [-0.4, -0.2) is 28.6 Å². The fourth-order valence-corrected chi connectivity index (χ4v) is 2.78. The fraction of sp³-hybridized carbons (Fsp3) is 0.222. The Kier molecular flexibility index (Phi) is 3.88. The van der Waals surface area contributed by atoms with Crippen molar-refractivity contribution < 1.29 is 14.3 Å². The van der Waals surface area contributed by atoms with Gasteiger partial charge in [0.2, 0.25) is 5.88 Å². The van der Waals surface area contributed by atoms with Gasteiger partial charge in [-0.05, 0) is 37.1 Å². The number of hydrogen-bond acceptors (Lipinski definition) is 4. The van der Waals surface area contributed by atoms with E-state index in [9.17, 15) is 4.79 Å². The van der Waals surface area contributed by atoms with Gasteiger partial charge >= 0.3 is 0 Å². The maximum absolute atomic E-state index is 12.0. The number of hydrogen-bond donors (Lipinski definition) is 2. The first kappa shape index (κ1) is 14.7. The molecule has 3 aromatic rings. The van der Waals surface area contributed by atoms with Gasteiger partial charge in [-0.3, -0.25) is 4.79 Å². The summed E-state index contributed by atoms with van der Waals surface area (Å²) >= 11 is 0. The van der Waals surface area contributed by atoms with Gasteiger partial charge in [-0.25, -0.2) is 4.98 Å². The van der Waals surface area contributed by atoms with Crippen molar-refractivity contribution in [3.8, 4) is 11.6 Å². The number of nitrogens with zero attached hydrogens (tertiary/aromatic N) is 1. The molecule has 4 rings (SSSR count). The molecular formula is C18H17N3O3. The van der Waals surface area contributed by atoms with Gasteiger partial charge < -0.3 is 19.8 Å². The number of carbonyl (C=O) groups excluding carboxylic acids is 1. The number of fused-ring (bicyclic) bond motifs is 1. The molecule has 0 spiro atoms. The monoisotopic (exact) mass is 323 g/mol. The van der Waals surface area contributed by atoms with Crippen molar-refractivity contribution in [2.45, 2.75) is 18.9 Å². The summed E-state index contributed by atoms with van der Waals surface area (Å²) in [5, 5.41) is 3.81. The maximum atomic E-state index is 12.0. The van der Waals surface area contributed by atoms with E-state index in [1.54, 1.807) is 18.3 Å². The molecule has 1 amide bonds. The first-order valence-corrected chi connectivity index (χ1v) is 7.92. The Bertz CT molecular complexity index is 851. The van der Waals surface area contributed by atoms with Crippen molar-refractivity contribution in [3.05, 3.63) is 48.8 Å². The second-order valence-corrected chi connectivity index (χ2v) is 5.67. The predicted molar refractivity (Wildman–Crippen MR) is 90.2 cm³/mol. The van der Waals surface area contributed by atoms with Crippen LogP contribution in [0.2, 0.25) is 0 Å². The van der Waals surface area contributed by atoms with E-state index in [0.717, 1.165) is 29.5 Å². The van der Waals surface area contributed by atoms with Crippen LogP contribution in [0.3, 0.4) is 0 Å². The zero-order valence-corrected chi connectivity index (χ0v) is 13.0. The van der Waals surface area contributed by atoms with Crippen molar-refractivity contribution in [2.24, 2.45) is 0 Å². The molecule has 2 aromatic heterocycles. The Morgan fingerprint density at radius 1 is 1.29 bits per heavy atom. The summed E-state index contributed by atoms with van der Waals surface area (Å²) in [5.74, 6) is 1.08. The zero-order valence-electron chi connectivity index (χ0n) is 13.0. The number of carbonyl (C=O) groups is 1. The Morgan fingerprint density at radius 2 is 2.25 bits per heavy atom. The molecule has 1 saturated heterocycles. The van der Waals surface area contributed by atoms with Crippen LogP contribution in [0.4, 0.5) is 5.69 Å². The van der Waals surface area contributed by atoms with E-state index in [1.807, 2.05) is 30.5 Å². The van der Waals surface area contributed by atoms with Crippen LogP contribution in [0.1, 0.15) is 12.8 Å². The molecular weight excluding hydrogens is 306 g/mol. The fourth-order valence-electron chi connectivity index (χ4n) is 2.78. The van der Waals surface area contributed by atoms with Crippen LogP contribution < -0.4 is 10.1 Å². The Labute approximate surface area is 138 Å². The first-order valence-electron chi connectivity index (χ1n) is 7.92. The Morgan fingerprint density at radius 3 is 3.04 bits per heavy atom. The lowest BCUT2D eigenvalue weighted by atomic mass is 10.2. The molecule has 0 bridgehead atoms. The molecule has 24 heavy (non-hydrogen) atoms. The number of H-pyrrole nitrogens is 1. The molecule has 6 nitrogen and oxygen atoms in total. The summed E-state index contributed by atoms with van der Waals surface area (Å²) in [5.41, 5.74) is 1.63. The topological polar surface area (TPSA) is 76.2 Å². The molecule has 1 aliphatic rings. The summed E-state index contributed by atoms with van der Waals surface area (Å²) in [6.07, 6.45) is 4.79. The highest BCUT2D eigenvalue weighted by molar-refractivity contribution is 5.94. The predicted octanol–water partition coefficient (Wildman–Crippen LogP) is 3.47. The normalized spacial score (nSPS) is 17.1. The van der Waals surface area contributed by atoms with Crippen molar-refractivity contribution >= 4 is 22.5 Å². The number of nitrogens with one attached hydrogen (secondary N) is 2. The van der Waals surface area contributed by atoms with E-state index < -0.39 is 0 Å². The summed E-state index contributed by atoms with van der Waals surface area (Å²) in [6.45, 7) is 0.647. The lowest BCUT2D eigenvalue weighted by Crippen LogP contribution is -2.26. The average Bonchev–Trinajstić information content (AvgIpc) is 3.28. The number of aromatic amines is 1. The van der Waals surface area contributed by atoms with Gasteiger partial charge in [0.1, 0.15) is 11.9 Å². The molecule has 0 aliphatic carbocycles. The summed E-state index contributed by atoms with van der Waals surface area (Å²) in [7, 11) is 0. The second kappa shape index (κ2) is 6.33. The lowest BCUT2D eigenvalue weighted by molar-refractivity contribution is -0.124. The maximum Gasteiger partial charge on any atom is 0.253 e. The van der Waals surface area contributed by atoms with Crippen LogP contribution in [0.5, 0.6) is 11.6 Å². The van der Waals surface area contributed by atoms with Crippen LogP contribution in [0.15, 0.2) is 48.8 Å². The number of amides is 1. The van der Waals surface area contributed by atoms with Gasteiger partial charge in [0.05, 0.1) is 11.9 Å². The van der Waals surface area contributed by atoms with E-state index >= 15 is 0 Å². The standard InChI is InChI=1S/C18H17N3O3/c22-18(16-5-2-10-23-16)21-12-6-7-17(20-11-12)24-15-4-1-3-14-13(15)8-9-19-14/h1,3-4,6-9,11,16,19H,2,5,10H2,(H,21,22)/t16-/m0/s1. The number of rotatable bonds is 4. The zero-order chi connectivity index (χ0) is 16.4. The van der Waals surface area contributed by atoms with E-state index in [2.05, 4.69) is 15.3 Å². The van der Waals surface area contributed by atoms with Gasteiger partial charge in [0, 0.05) is 29.8 Å². The highest BCUT2D eigenvalue weighted by Crippen LogP contribution is 2.28. The number of ether oxygens (including phenoxy) is 2. The summed E-state index contributed by atoms with van der Waals surface area (Å²) < 4.78 is 11.2. The van der Waals surface area contributed by atoms with E-state index in [0.29, 0.717) is 18.2 Å². The van der Waals surface area contributed by atoms with Crippen LogP contribution in [0, 0.1) is 0 Å². The quantitative estimate of drug-likeness (QED) is 0.771. The third-order valence-corrected chi connectivity index (χ3v) is 4.00. The minimum absolute atomic E-state index is 0.125. The minimum atomic E-state index is -0.355. The van der Waals surface area contributed by atoms with Gasteiger partial charge in [0.25, 0.3) is 5.91 Å². The molecule has 0 unspecified atom stereocenters. The van der Waals surface area contributed by atoms with E-state index in [1.165, 1.54) is 0 Å². The van der Waals surface area contributed by atoms with E-state index in [-0.39, 0.29) is 12.0 Å². The molecule has 6 heteroatoms. The van der Waals surface area contributed by atoms with Crippen LogP contribution in [-0.2, 0) is 9.53 Å². The van der Waals surface area contributed by atoms with Gasteiger partial charge in [-0.15, -0.1) is 0 Å². The summed E-state index contributed by atoms with van der Waals surface area (Å²) in [4.78, 5) is 19.4. The largest absolute Gasteiger partial charge is 0.438 e. The number of anilines is 1. The van der Waals surface area contributed by atoms with Crippen LogP contribution >= 0.6 is 0 Å². The Hall–Kier alpha value is -2.86. The number of aromatic nitrogens is 2. The smallest absolute Gasteiger partial charge is 0.253 e. The van der Waals surface area contributed by atoms with Crippen molar-refractivity contribution in [1.82, 2.24) is 9.97 Å². The molecule has 1 aliphatic heterocycles. The molecule has 122 valence electrons. The van der Waals surface area contributed by atoms with Gasteiger partial charge in [-0.2, -0.15) is 0 Å². The Balaban J connectivity index is 1.45. The lowest BCUT2D eigenvalue weighted by Gasteiger charge is -2.11. The molecule has 1 fully saturated rings. The molecule has 2 N–H and O–H groups in total. The molecule has 0 radical (unpaired) electrons. The van der Waals surface area contributed by atoms with Crippen molar-refractivity contribution in [3.63, 3.8) is 0 Å². The number of benzene rings is 1. The minimum Gasteiger partial charge on any atom is -0.438 e. The number of pyridine rings is 1. The van der Waals surface area contributed by atoms with Crippen LogP contribution in [0.25, 0.3) is 10.9 Å². The molecule has 3 heterocycles. The first-order chi connectivity index (χ1) is 11.8. The van der Waals surface area contributed by atoms with Crippen molar-refractivity contribution in [2.75, 3.05) is 11.9 Å². The highest BCUT2D eigenvalue weighted by Gasteiger charge is 2.23. The summed E-state index contributed by atoms with van der Waals surface area (Å²) in [6, 6.07) is 11.3. The average molecular weight is 323 g/mol. The second-order valence-electron chi connectivity index (χ2n) is 5.67. The van der Waals surface area contributed by atoms with Crippen molar-refractivity contribution in [1.29, 1.82) is 0 Å². The third-order valence-electron chi connectivity index (χ3n) is 4.00.